The second-order valence-corrected chi connectivity index (χ2v) is 3.48. The highest BCUT2D eigenvalue weighted by molar-refractivity contribution is 5.66. The number of hydrogen-bond donors (Lipinski definition) is 2. The highest BCUT2D eigenvalue weighted by Gasteiger charge is 2.02. The van der Waals surface area contributed by atoms with Gasteiger partial charge in [-0.05, 0) is 0 Å². The lowest BCUT2D eigenvalue weighted by molar-refractivity contribution is -0.870. The van der Waals surface area contributed by atoms with Crippen molar-refractivity contribution in [1.29, 1.82) is 0 Å². The van der Waals surface area contributed by atoms with E-state index in [1.54, 1.807) is 6.92 Å². The van der Waals surface area contributed by atoms with Crippen LogP contribution in [0, 0.1) is 0 Å². The Morgan fingerprint density at radius 1 is 1.31 bits per heavy atom. The number of halogens is 1. The fourth-order valence-electron chi connectivity index (χ4n) is 0.300. The SMILES string of the molecule is CCC(=O)O.C[N+](C)(C)CCO.[Cl-]. The molecule has 0 rings (SSSR count). The molecule has 0 unspecified atom stereocenters. The summed E-state index contributed by atoms with van der Waals surface area (Å²) in [5, 5.41) is 16.1. The van der Waals surface area contributed by atoms with Crippen LogP contribution in [0.4, 0.5) is 0 Å². The summed E-state index contributed by atoms with van der Waals surface area (Å²) in [7, 11) is 6.16. The third kappa shape index (κ3) is 33.9. The van der Waals surface area contributed by atoms with E-state index >= 15 is 0 Å². The van der Waals surface area contributed by atoms with E-state index in [4.69, 9.17) is 10.2 Å². The Kier molecular flexibility index (Phi) is 13.9. The highest BCUT2D eigenvalue weighted by Crippen LogP contribution is 1.84. The van der Waals surface area contributed by atoms with Crippen LogP contribution in [0.5, 0.6) is 0 Å². The van der Waals surface area contributed by atoms with Gasteiger partial charge in [-0.1, -0.05) is 6.92 Å². The predicted molar refractivity (Wildman–Crippen MR) is 47.9 cm³/mol. The van der Waals surface area contributed by atoms with Gasteiger partial charge in [-0.3, -0.25) is 4.79 Å². The molecule has 0 bridgehead atoms. The van der Waals surface area contributed by atoms with Crippen molar-refractivity contribution in [2.45, 2.75) is 13.3 Å². The first-order chi connectivity index (χ1) is 5.33. The summed E-state index contributed by atoms with van der Waals surface area (Å²) in [6.07, 6.45) is 0.222. The summed E-state index contributed by atoms with van der Waals surface area (Å²) >= 11 is 0. The first-order valence-corrected chi connectivity index (χ1v) is 3.96. The Balaban J connectivity index is -0.000000150. The number of carboxylic acid groups (broad SMARTS) is 1. The minimum absolute atomic E-state index is 0. The molecule has 0 aromatic carbocycles. The standard InChI is InChI=1S/C5H14NO.C3H6O2.ClH/c1-6(2,3)4-5-7;1-2-3(4)5;/h7H,4-5H2,1-3H3;2H2,1H3,(H,4,5);1H/q+1;;/p-1. The molecule has 0 aromatic heterocycles. The number of carbonyl (C=O) groups is 1. The molecule has 5 heteroatoms. The Bertz CT molecular complexity index is 123. The lowest BCUT2D eigenvalue weighted by atomic mass is 10.5. The third-order valence-electron chi connectivity index (χ3n) is 1.07. The van der Waals surface area contributed by atoms with E-state index in [2.05, 4.69) is 21.1 Å². The summed E-state index contributed by atoms with van der Waals surface area (Å²) in [6.45, 7) is 2.71. The average Bonchev–Trinajstić information content (AvgIpc) is 1.86. The van der Waals surface area contributed by atoms with E-state index in [0.717, 1.165) is 11.0 Å². The minimum Gasteiger partial charge on any atom is -1.00 e. The van der Waals surface area contributed by atoms with Crippen molar-refractivity contribution in [3.63, 3.8) is 0 Å². The normalized spacial score (nSPS) is 9.31. The molecule has 0 aromatic rings. The lowest BCUT2D eigenvalue weighted by Gasteiger charge is -2.21. The van der Waals surface area contributed by atoms with Crippen LogP contribution in [-0.2, 0) is 4.79 Å². The quantitative estimate of drug-likeness (QED) is 0.497. The van der Waals surface area contributed by atoms with E-state index in [-0.39, 0.29) is 25.4 Å². The van der Waals surface area contributed by atoms with Gasteiger partial charge in [-0.15, -0.1) is 0 Å². The molecule has 13 heavy (non-hydrogen) atoms. The van der Waals surface area contributed by atoms with E-state index in [1.165, 1.54) is 0 Å². The lowest BCUT2D eigenvalue weighted by Crippen LogP contribution is -3.00. The summed E-state index contributed by atoms with van der Waals surface area (Å²) in [6, 6.07) is 0. The van der Waals surface area contributed by atoms with Crippen molar-refractivity contribution >= 4 is 5.97 Å². The molecule has 0 heterocycles. The van der Waals surface area contributed by atoms with Crippen molar-refractivity contribution < 1.29 is 31.9 Å². The van der Waals surface area contributed by atoms with Crippen molar-refractivity contribution in [2.24, 2.45) is 0 Å². The zero-order valence-electron chi connectivity index (χ0n) is 8.75. The van der Waals surface area contributed by atoms with Gasteiger partial charge < -0.3 is 27.1 Å². The van der Waals surface area contributed by atoms with Crippen LogP contribution >= 0.6 is 0 Å². The zero-order chi connectivity index (χ0) is 10.2. The van der Waals surface area contributed by atoms with Gasteiger partial charge in [-0.25, -0.2) is 0 Å². The Labute approximate surface area is 86.2 Å². The number of nitrogens with zero attached hydrogens (tertiary/aromatic N) is 1. The maximum absolute atomic E-state index is 9.37. The van der Waals surface area contributed by atoms with Crippen LogP contribution in [0.15, 0.2) is 0 Å². The minimum atomic E-state index is -0.745. The maximum atomic E-state index is 9.37. The Hall–Kier alpha value is -0.320. The highest BCUT2D eigenvalue weighted by atomic mass is 35.5. The van der Waals surface area contributed by atoms with Gasteiger partial charge in [0.05, 0.1) is 27.7 Å². The summed E-state index contributed by atoms with van der Waals surface area (Å²) < 4.78 is 0.844. The van der Waals surface area contributed by atoms with E-state index in [1.807, 2.05) is 0 Å². The zero-order valence-corrected chi connectivity index (χ0v) is 9.51. The third-order valence-corrected chi connectivity index (χ3v) is 1.07. The first-order valence-electron chi connectivity index (χ1n) is 3.96. The van der Waals surface area contributed by atoms with Gasteiger partial charge in [0.15, 0.2) is 0 Å². The van der Waals surface area contributed by atoms with Gasteiger partial charge in [0.1, 0.15) is 6.54 Å². The molecule has 0 atom stereocenters. The summed E-state index contributed by atoms with van der Waals surface area (Å²) in [4.78, 5) is 9.37. The number of likely N-dealkylation sites (N-methyl/N-ethyl adjacent to an activating group) is 1. The number of aliphatic hydroxyl groups is 1. The fourth-order valence-corrected chi connectivity index (χ4v) is 0.300. The first kappa shape index (κ1) is 18.5. The Morgan fingerprint density at radius 2 is 1.62 bits per heavy atom. The molecule has 0 fully saturated rings. The molecule has 0 saturated heterocycles. The van der Waals surface area contributed by atoms with Gasteiger partial charge in [0, 0.05) is 6.42 Å². The second kappa shape index (κ2) is 9.77. The van der Waals surface area contributed by atoms with Crippen molar-refractivity contribution in [2.75, 3.05) is 34.3 Å². The van der Waals surface area contributed by atoms with Crippen molar-refractivity contribution in [3.05, 3.63) is 0 Å². The molecular weight excluding hydrogens is 194 g/mol. The van der Waals surface area contributed by atoms with Crippen LogP contribution in [0.3, 0.4) is 0 Å². The fraction of sp³-hybridized carbons (Fsp3) is 0.875. The molecule has 0 radical (unpaired) electrons. The monoisotopic (exact) mass is 213 g/mol. The molecule has 0 aliphatic carbocycles. The number of aliphatic carboxylic acids is 1. The second-order valence-electron chi connectivity index (χ2n) is 3.48. The molecular formula is C8H20ClNO3. The maximum Gasteiger partial charge on any atom is 0.303 e. The summed E-state index contributed by atoms with van der Waals surface area (Å²) in [5.41, 5.74) is 0. The van der Waals surface area contributed by atoms with Crippen LogP contribution < -0.4 is 12.4 Å². The van der Waals surface area contributed by atoms with Gasteiger partial charge >= 0.3 is 5.97 Å². The van der Waals surface area contributed by atoms with Gasteiger partial charge in [0.2, 0.25) is 0 Å². The molecule has 4 nitrogen and oxygen atoms in total. The summed E-state index contributed by atoms with van der Waals surface area (Å²) in [5.74, 6) is -0.745. The van der Waals surface area contributed by atoms with Gasteiger partial charge in [-0.2, -0.15) is 0 Å². The molecule has 82 valence electrons. The van der Waals surface area contributed by atoms with E-state index in [9.17, 15) is 4.79 Å². The predicted octanol–water partition coefficient (Wildman–Crippen LogP) is -2.83. The Morgan fingerprint density at radius 3 is 1.62 bits per heavy atom. The molecule has 0 aliphatic heterocycles. The number of quaternary nitrogens is 1. The molecule has 0 spiro atoms. The van der Waals surface area contributed by atoms with Crippen molar-refractivity contribution in [3.8, 4) is 0 Å². The van der Waals surface area contributed by atoms with Crippen LogP contribution in [0.1, 0.15) is 13.3 Å². The molecule has 0 amide bonds. The molecule has 2 N–H and O–H groups in total. The number of hydrogen-bond acceptors (Lipinski definition) is 2. The largest absolute Gasteiger partial charge is 1.00 e. The smallest absolute Gasteiger partial charge is 0.303 e. The number of rotatable bonds is 3. The average molecular weight is 214 g/mol. The molecule has 0 aliphatic rings. The van der Waals surface area contributed by atoms with Crippen LogP contribution in [0.25, 0.3) is 0 Å². The van der Waals surface area contributed by atoms with Crippen molar-refractivity contribution in [1.82, 2.24) is 0 Å². The number of carboxylic acids is 1. The van der Waals surface area contributed by atoms with Crippen LogP contribution in [-0.4, -0.2) is 55.0 Å². The van der Waals surface area contributed by atoms with E-state index < -0.39 is 5.97 Å². The number of aliphatic hydroxyl groups excluding tert-OH is 1. The molecule has 0 saturated carbocycles. The van der Waals surface area contributed by atoms with Crippen LogP contribution in [0.2, 0.25) is 0 Å². The van der Waals surface area contributed by atoms with Gasteiger partial charge in [0.25, 0.3) is 0 Å². The van der Waals surface area contributed by atoms with E-state index in [0.29, 0.717) is 0 Å². The topological polar surface area (TPSA) is 57.5 Å².